The Labute approximate surface area is 77.3 Å². The molecule has 1 rings (SSSR count). The third-order valence-corrected chi connectivity index (χ3v) is 1.77. The maximum Gasteiger partial charge on any atom is 0.293 e. The molecule has 0 fully saturated rings. The maximum absolute atomic E-state index is 9.98. The lowest BCUT2D eigenvalue weighted by Gasteiger charge is -2.13. The molecule has 0 aromatic heterocycles. The molecule has 70 valence electrons. The molecule has 3 nitrogen and oxygen atoms in total. The summed E-state index contributed by atoms with van der Waals surface area (Å²) in [6.07, 6.45) is -0.175. The van der Waals surface area contributed by atoms with Gasteiger partial charge in [0.15, 0.2) is 0 Å². The van der Waals surface area contributed by atoms with E-state index in [1.165, 1.54) is 0 Å². The third-order valence-electron chi connectivity index (χ3n) is 1.77. The predicted octanol–water partition coefficient (Wildman–Crippen LogP) is 1.55. The second-order valence-electron chi connectivity index (χ2n) is 2.56. The van der Waals surface area contributed by atoms with Crippen LogP contribution in [-0.4, -0.2) is 20.2 Å². The fourth-order valence-electron chi connectivity index (χ4n) is 1.09. The average molecular weight is 180 g/mol. The molecular weight excluding hydrogens is 168 g/mol. The van der Waals surface area contributed by atoms with Gasteiger partial charge in [0.05, 0.1) is 0 Å². The highest BCUT2D eigenvalue weighted by Gasteiger charge is 2.09. The lowest BCUT2D eigenvalue weighted by molar-refractivity contribution is -0.132. The van der Waals surface area contributed by atoms with Crippen molar-refractivity contribution in [3.05, 3.63) is 35.9 Å². The van der Waals surface area contributed by atoms with Gasteiger partial charge in [0, 0.05) is 7.11 Å². The van der Waals surface area contributed by atoms with E-state index in [0.717, 1.165) is 5.56 Å². The highest BCUT2D eigenvalue weighted by molar-refractivity contribution is 5.37. The molecule has 1 atom stereocenters. The zero-order chi connectivity index (χ0) is 9.52. The lowest BCUT2D eigenvalue weighted by atomic mass is 10.1. The first-order valence-corrected chi connectivity index (χ1v) is 4.01. The summed E-state index contributed by atoms with van der Waals surface area (Å²) < 4.78 is 9.79. The van der Waals surface area contributed by atoms with Crippen LogP contribution in [0.4, 0.5) is 0 Å². The van der Waals surface area contributed by atoms with Crippen LogP contribution in [0.25, 0.3) is 0 Å². The van der Waals surface area contributed by atoms with E-state index >= 15 is 0 Å². The molecule has 0 unspecified atom stereocenters. The molecule has 0 saturated carbocycles. The molecule has 0 aliphatic heterocycles. The van der Waals surface area contributed by atoms with Gasteiger partial charge < -0.3 is 9.47 Å². The number of carbonyl (C=O) groups excluding carboxylic acids is 1. The van der Waals surface area contributed by atoms with Crippen molar-refractivity contribution in [1.82, 2.24) is 0 Å². The van der Waals surface area contributed by atoms with E-state index in [9.17, 15) is 4.79 Å². The van der Waals surface area contributed by atoms with Gasteiger partial charge in [0.1, 0.15) is 12.7 Å². The minimum absolute atomic E-state index is 0.175. The molecular formula is C10H12O3. The minimum atomic E-state index is -0.175. The Morgan fingerprint density at radius 2 is 2.08 bits per heavy atom. The summed E-state index contributed by atoms with van der Waals surface area (Å²) in [6, 6.07) is 9.63. The Morgan fingerprint density at radius 3 is 2.62 bits per heavy atom. The van der Waals surface area contributed by atoms with Crippen molar-refractivity contribution in [3.63, 3.8) is 0 Å². The van der Waals surface area contributed by atoms with E-state index in [4.69, 9.17) is 4.74 Å². The molecule has 1 aromatic rings. The van der Waals surface area contributed by atoms with Crippen molar-refractivity contribution in [1.29, 1.82) is 0 Å². The first-order valence-electron chi connectivity index (χ1n) is 4.01. The zero-order valence-corrected chi connectivity index (χ0v) is 7.47. The highest BCUT2D eigenvalue weighted by Crippen LogP contribution is 2.15. The number of ether oxygens (including phenoxy) is 2. The molecule has 0 bridgehead atoms. The monoisotopic (exact) mass is 180 g/mol. The number of carbonyl (C=O) groups is 1. The average Bonchev–Trinajstić information content (AvgIpc) is 2.21. The molecule has 0 N–H and O–H groups in total. The van der Waals surface area contributed by atoms with Crippen LogP contribution in [0.3, 0.4) is 0 Å². The minimum Gasteiger partial charge on any atom is -0.465 e. The second-order valence-corrected chi connectivity index (χ2v) is 2.56. The van der Waals surface area contributed by atoms with Gasteiger partial charge in [-0.2, -0.15) is 0 Å². The van der Waals surface area contributed by atoms with E-state index < -0.39 is 0 Å². The van der Waals surface area contributed by atoms with Gasteiger partial charge in [-0.25, -0.2) is 0 Å². The summed E-state index contributed by atoms with van der Waals surface area (Å²) in [5.41, 5.74) is 1.01. The summed E-state index contributed by atoms with van der Waals surface area (Å²) in [4.78, 5) is 9.98. The zero-order valence-electron chi connectivity index (χ0n) is 7.47. The molecule has 0 aliphatic carbocycles. The molecule has 0 saturated heterocycles. The third kappa shape index (κ3) is 2.87. The van der Waals surface area contributed by atoms with Crippen molar-refractivity contribution in [2.24, 2.45) is 0 Å². The fourth-order valence-corrected chi connectivity index (χ4v) is 1.09. The molecule has 0 amide bonds. The number of benzene rings is 1. The van der Waals surface area contributed by atoms with Crippen LogP contribution >= 0.6 is 0 Å². The Kier molecular flexibility index (Phi) is 3.99. The first kappa shape index (κ1) is 9.74. The number of rotatable bonds is 5. The van der Waals surface area contributed by atoms with Crippen LogP contribution in [0.2, 0.25) is 0 Å². The maximum atomic E-state index is 9.98. The molecule has 0 heterocycles. The van der Waals surface area contributed by atoms with Gasteiger partial charge in [-0.3, -0.25) is 4.79 Å². The van der Waals surface area contributed by atoms with E-state index in [2.05, 4.69) is 4.74 Å². The van der Waals surface area contributed by atoms with Crippen LogP contribution in [0.1, 0.15) is 11.7 Å². The van der Waals surface area contributed by atoms with Crippen molar-refractivity contribution in [3.8, 4) is 0 Å². The summed E-state index contributed by atoms with van der Waals surface area (Å²) in [5.74, 6) is 0. The standard InChI is InChI=1S/C10H12O3/c1-12-10(7-13-8-11)9-5-3-2-4-6-9/h2-6,8,10H,7H2,1H3/t10-/m0/s1. The van der Waals surface area contributed by atoms with E-state index in [0.29, 0.717) is 6.47 Å². The van der Waals surface area contributed by atoms with Gasteiger partial charge >= 0.3 is 0 Å². The normalized spacial score (nSPS) is 12.1. The largest absolute Gasteiger partial charge is 0.465 e. The smallest absolute Gasteiger partial charge is 0.293 e. The van der Waals surface area contributed by atoms with Gasteiger partial charge in [-0.15, -0.1) is 0 Å². The van der Waals surface area contributed by atoms with Crippen LogP contribution in [0.15, 0.2) is 30.3 Å². The number of methoxy groups -OCH3 is 1. The molecule has 0 radical (unpaired) electrons. The summed E-state index contributed by atoms with van der Waals surface area (Å²) in [6.45, 7) is 0.680. The number of hydrogen-bond donors (Lipinski definition) is 0. The Hall–Kier alpha value is -1.35. The van der Waals surface area contributed by atoms with E-state index in [1.54, 1.807) is 7.11 Å². The summed E-state index contributed by atoms with van der Waals surface area (Å²) >= 11 is 0. The summed E-state index contributed by atoms with van der Waals surface area (Å²) in [7, 11) is 1.59. The topological polar surface area (TPSA) is 35.5 Å². The van der Waals surface area contributed by atoms with Crippen molar-refractivity contribution in [2.45, 2.75) is 6.10 Å². The van der Waals surface area contributed by atoms with Crippen LogP contribution < -0.4 is 0 Å². The summed E-state index contributed by atoms with van der Waals surface area (Å²) in [5, 5.41) is 0. The first-order chi connectivity index (χ1) is 6.38. The molecule has 13 heavy (non-hydrogen) atoms. The quantitative estimate of drug-likeness (QED) is 0.645. The lowest BCUT2D eigenvalue weighted by Crippen LogP contribution is -2.09. The Morgan fingerprint density at radius 1 is 1.38 bits per heavy atom. The van der Waals surface area contributed by atoms with Crippen LogP contribution in [-0.2, 0) is 14.3 Å². The molecule has 1 aromatic carbocycles. The Bertz CT molecular complexity index is 246. The molecule has 0 spiro atoms. The van der Waals surface area contributed by atoms with Gasteiger partial charge in [0.2, 0.25) is 0 Å². The Balaban J connectivity index is 2.61. The fraction of sp³-hybridized carbons (Fsp3) is 0.300. The van der Waals surface area contributed by atoms with Crippen molar-refractivity contribution < 1.29 is 14.3 Å². The van der Waals surface area contributed by atoms with Crippen LogP contribution in [0, 0.1) is 0 Å². The number of hydrogen-bond acceptors (Lipinski definition) is 3. The van der Waals surface area contributed by atoms with Crippen LogP contribution in [0.5, 0.6) is 0 Å². The van der Waals surface area contributed by atoms with E-state index in [-0.39, 0.29) is 12.7 Å². The van der Waals surface area contributed by atoms with E-state index in [1.807, 2.05) is 30.3 Å². The highest BCUT2D eigenvalue weighted by atomic mass is 16.5. The second kappa shape index (κ2) is 5.32. The molecule has 3 heteroatoms. The predicted molar refractivity (Wildman–Crippen MR) is 48.2 cm³/mol. The van der Waals surface area contributed by atoms with Gasteiger partial charge in [-0.05, 0) is 5.56 Å². The van der Waals surface area contributed by atoms with Gasteiger partial charge in [-0.1, -0.05) is 30.3 Å². The molecule has 0 aliphatic rings. The SMILES string of the molecule is CO[C@@H](COC=O)c1ccccc1. The van der Waals surface area contributed by atoms with Crippen molar-refractivity contribution >= 4 is 6.47 Å². The van der Waals surface area contributed by atoms with Crippen molar-refractivity contribution in [2.75, 3.05) is 13.7 Å². The van der Waals surface area contributed by atoms with Gasteiger partial charge in [0.25, 0.3) is 6.47 Å².